The Kier molecular flexibility index (Phi) is 6.44. The van der Waals surface area contributed by atoms with Crippen LogP contribution in [0.25, 0.3) is 0 Å². The van der Waals surface area contributed by atoms with Crippen LogP contribution in [0.2, 0.25) is 0 Å². The summed E-state index contributed by atoms with van der Waals surface area (Å²) in [4.78, 5) is 17.3. The van der Waals surface area contributed by atoms with Crippen LogP contribution >= 0.6 is 12.4 Å². The molecule has 2 fully saturated rings. The maximum absolute atomic E-state index is 12.8. The molecule has 0 radical (unpaired) electrons. The van der Waals surface area contributed by atoms with E-state index in [1.165, 1.54) is 24.1 Å². The largest absolute Gasteiger partial charge is 0.378 e. The number of anilines is 3. The summed E-state index contributed by atoms with van der Waals surface area (Å²) < 4.78 is 0. The van der Waals surface area contributed by atoms with Crippen molar-refractivity contribution in [2.75, 3.05) is 41.3 Å². The molecule has 2 N–H and O–H groups in total. The predicted octanol–water partition coefficient (Wildman–Crippen LogP) is 4.45. The van der Waals surface area contributed by atoms with Crippen molar-refractivity contribution in [3.05, 3.63) is 54.1 Å². The van der Waals surface area contributed by atoms with E-state index in [0.29, 0.717) is 11.8 Å². The van der Waals surface area contributed by atoms with Gasteiger partial charge in [0, 0.05) is 67.7 Å². The lowest BCUT2D eigenvalue weighted by atomic mass is 9.79. The first-order valence-corrected chi connectivity index (χ1v) is 11.3. The zero-order chi connectivity index (χ0) is 20.7. The summed E-state index contributed by atoms with van der Waals surface area (Å²) in [5.74, 6) is 1.12. The lowest BCUT2D eigenvalue weighted by molar-refractivity contribution is -0.117. The third-order valence-corrected chi connectivity index (χ3v) is 6.99. The minimum Gasteiger partial charge on any atom is -0.378 e. The lowest BCUT2D eigenvalue weighted by Crippen LogP contribution is -2.51. The molecule has 3 atom stereocenters. The number of piperazine rings is 1. The number of para-hydroxylation sites is 1. The van der Waals surface area contributed by atoms with E-state index in [1.54, 1.807) is 6.92 Å². The van der Waals surface area contributed by atoms with Crippen molar-refractivity contribution in [1.29, 1.82) is 0 Å². The number of nitrogens with one attached hydrogen (secondary N) is 2. The first-order valence-electron chi connectivity index (χ1n) is 11.3. The Hall–Kier alpha value is -2.24. The van der Waals surface area contributed by atoms with Gasteiger partial charge < -0.3 is 20.4 Å². The second-order valence-electron chi connectivity index (χ2n) is 9.04. The van der Waals surface area contributed by atoms with E-state index < -0.39 is 0 Å². The molecule has 0 spiro atoms. The molecule has 1 saturated carbocycles. The second kappa shape index (κ2) is 9.09. The average molecular weight is 441 g/mol. The Morgan fingerprint density at radius 2 is 1.77 bits per heavy atom. The molecular formula is C25H33ClN4O. The minimum atomic E-state index is 0. The molecule has 0 bridgehead atoms. The van der Waals surface area contributed by atoms with Crippen LogP contribution in [-0.2, 0) is 4.79 Å². The van der Waals surface area contributed by atoms with Gasteiger partial charge in [0.05, 0.1) is 6.04 Å². The van der Waals surface area contributed by atoms with Crippen LogP contribution in [0.1, 0.15) is 38.3 Å². The van der Waals surface area contributed by atoms with Crippen LogP contribution in [0, 0.1) is 11.8 Å². The topological polar surface area (TPSA) is 47.6 Å². The number of hydrogen-bond donors (Lipinski definition) is 2. The van der Waals surface area contributed by atoms with Crippen molar-refractivity contribution in [2.24, 2.45) is 11.8 Å². The molecule has 31 heavy (non-hydrogen) atoms. The maximum Gasteiger partial charge on any atom is 0.224 e. The number of halogens is 1. The molecule has 6 heteroatoms. The molecule has 2 aromatic carbocycles. The molecule has 0 aromatic heterocycles. The molecule has 5 nitrogen and oxygen atoms in total. The molecule has 2 aliphatic heterocycles. The van der Waals surface area contributed by atoms with Crippen LogP contribution in [-0.4, -0.2) is 38.1 Å². The molecule has 0 unspecified atom stereocenters. The summed E-state index contributed by atoms with van der Waals surface area (Å²) in [5, 5.41) is 7.26. The number of nitrogens with zero attached hydrogens (tertiary/aromatic N) is 2. The van der Waals surface area contributed by atoms with Gasteiger partial charge in [0.15, 0.2) is 0 Å². The summed E-state index contributed by atoms with van der Waals surface area (Å²) in [5.41, 5.74) is 4.73. The van der Waals surface area contributed by atoms with Gasteiger partial charge in [-0.15, -0.1) is 12.4 Å². The van der Waals surface area contributed by atoms with Crippen LogP contribution in [0.15, 0.2) is 48.5 Å². The van der Waals surface area contributed by atoms with Gasteiger partial charge in [0.1, 0.15) is 0 Å². The molecule has 1 amide bonds. The van der Waals surface area contributed by atoms with E-state index >= 15 is 0 Å². The molecular weight excluding hydrogens is 408 g/mol. The van der Waals surface area contributed by atoms with Crippen molar-refractivity contribution in [3.8, 4) is 0 Å². The highest BCUT2D eigenvalue weighted by Gasteiger charge is 2.47. The molecule has 2 heterocycles. The number of rotatable bonds is 4. The Morgan fingerprint density at radius 1 is 1.06 bits per heavy atom. The Morgan fingerprint density at radius 3 is 2.42 bits per heavy atom. The van der Waals surface area contributed by atoms with Crippen molar-refractivity contribution < 1.29 is 4.79 Å². The number of carbonyl (C=O) groups excluding carboxylic acids is 1. The van der Waals surface area contributed by atoms with E-state index in [9.17, 15) is 4.79 Å². The first kappa shape index (κ1) is 22.0. The number of amides is 1. The van der Waals surface area contributed by atoms with E-state index in [-0.39, 0.29) is 30.4 Å². The van der Waals surface area contributed by atoms with Crippen molar-refractivity contribution in [1.82, 2.24) is 5.32 Å². The van der Waals surface area contributed by atoms with Gasteiger partial charge in [-0.25, -0.2) is 0 Å². The second-order valence-corrected chi connectivity index (χ2v) is 9.04. The zero-order valence-electron chi connectivity index (χ0n) is 18.4. The van der Waals surface area contributed by atoms with Gasteiger partial charge in [-0.05, 0) is 49.1 Å². The summed E-state index contributed by atoms with van der Waals surface area (Å²) >= 11 is 0. The average Bonchev–Trinajstić information content (AvgIpc) is 3.61. The van der Waals surface area contributed by atoms with E-state index in [0.717, 1.165) is 37.6 Å². The van der Waals surface area contributed by atoms with Gasteiger partial charge in [-0.3, -0.25) is 4.79 Å². The van der Waals surface area contributed by atoms with Gasteiger partial charge in [-0.2, -0.15) is 0 Å². The molecule has 5 rings (SSSR count). The highest BCUT2D eigenvalue weighted by molar-refractivity contribution is 5.94. The van der Waals surface area contributed by atoms with E-state index in [4.69, 9.17) is 0 Å². The molecule has 3 aliphatic rings. The maximum atomic E-state index is 12.8. The van der Waals surface area contributed by atoms with Gasteiger partial charge in [0.25, 0.3) is 0 Å². The first-order chi connectivity index (χ1) is 14.6. The van der Waals surface area contributed by atoms with Gasteiger partial charge >= 0.3 is 0 Å². The summed E-state index contributed by atoms with van der Waals surface area (Å²) in [6.07, 6.45) is 2.45. The fourth-order valence-corrected chi connectivity index (χ4v) is 5.39. The van der Waals surface area contributed by atoms with Gasteiger partial charge in [0.2, 0.25) is 5.91 Å². The molecule has 166 valence electrons. The Balaban J connectivity index is 0.00000231. The standard InChI is InChI=1S/C25H32N4O.ClH/c1-17-24(27-20-6-4-3-5-7-20)22-16-21(28-14-12-26-13-15-28)10-11-23(22)29(18(2)30)25(17)19-8-9-19;/h3-7,10-11,16-17,19,24-27H,8-9,12-15H2,1-2H3;1H/t17-,24-,25-;/m1./s1. The summed E-state index contributed by atoms with van der Waals surface area (Å²) in [6.45, 7) is 8.12. The summed E-state index contributed by atoms with van der Waals surface area (Å²) in [7, 11) is 0. The highest BCUT2D eigenvalue weighted by atomic mass is 35.5. The van der Waals surface area contributed by atoms with Crippen LogP contribution in [0.5, 0.6) is 0 Å². The normalized spacial score (nSPS) is 25.4. The summed E-state index contributed by atoms with van der Waals surface area (Å²) in [6, 6.07) is 17.7. The number of fused-ring (bicyclic) bond motifs is 1. The number of hydrogen-bond acceptors (Lipinski definition) is 4. The smallest absolute Gasteiger partial charge is 0.224 e. The van der Waals surface area contributed by atoms with E-state index in [1.807, 2.05) is 0 Å². The fraction of sp³-hybridized carbons (Fsp3) is 0.480. The highest BCUT2D eigenvalue weighted by Crippen LogP contribution is 2.50. The lowest BCUT2D eigenvalue weighted by Gasteiger charge is -2.46. The Labute approximate surface area is 191 Å². The van der Waals surface area contributed by atoms with Crippen LogP contribution in [0.4, 0.5) is 17.1 Å². The molecule has 2 aromatic rings. The molecule has 1 aliphatic carbocycles. The predicted molar refractivity (Wildman–Crippen MR) is 130 cm³/mol. The van der Waals surface area contributed by atoms with Crippen LogP contribution < -0.4 is 20.4 Å². The van der Waals surface area contributed by atoms with Crippen molar-refractivity contribution >= 4 is 35.4 Å². The third kappa shape index (κ3) is 4.26. The van der Waals surface area contributed by atoms with Crippen molar-refractivity contribution in [3.63, 3.8) is 0 Å². The van der Waals surface area contributed by atoms with Crippen LogP contribution in [0.3, 0.4) is 0 Å². The third-order valence-electron chi connectivity index (χ3n) is 6.99. The monoisotopic (exact) mass is 440 g/mol. The van der Waals surface area contributed by atoms with Crippen molar-refractivity contribution in [2.45, 2.75) is 38.8 Å². The zero-order valence-corrected chi connectivity index (χ0v) is 19.2. The number of carbonyl (C=O) groups is 1. The quantitative estimate of drug-likeness (QED) is 0.737. The SMILES string of the molecule is CC(=O)N1c2ccc(N3CCNCC3)cc2[C@H](Nc2ccccc2)[C@@H](C)[C@@H]1C1CC1.Cl. The van der Waals surface area contributed by atoms with E-state index in [2.05, 4.69) is 75.9 Å². The van der Waals surface area contributed by atoms with Gasteiger partial charge in [-0.1, -0.05) is 25.1 Å². The number of benzene rings is 2. The Bertz CT molecular complexity index is 911. The fourth-order valence-electron chi connectivity index (χ4n) is 5.39. The molecule has 1 saturated heterocycles. The minimum absolute atomic E-state index is 0.